The van der Waals surface area contributed by atoms with Crippen LogP contribution in [-0.4, -0.2) is 11.5 Å². The summed E-state index contributed by atoms with van der Waals surface area (Å²) in [5.41, 5.74) is 5.19. The van der Waals surface area contributed by atoms with Crippen LogP contribution in [0, 0.1) is 13.8 Å². The first-order chi connectivity index (χ1) is 9.72. The number of rotatable bonds is 6. The third-order valence-corrected chi connectivity index (χ3v) is 3.75. The van der Waals surface area contributed by atoms with Crippen LogP contribution in [0.1, 0.15) is 41.8 Å². The van der Waals surface area contributed by atoms with Gasteiger partial charge in [0.05, 0.1) is 0 Å². The Bertz CT molecular complexity index is 549. The van der Waals surface area contributed by atoms with Crippen molar-refractivity contribution in [1.82, 2.24) is 10.3 Å². The number of pyridine rings is 1. The lowest BCUT2D eigenvalue weighted by Crippen LogP contribution is -2.25. The third kappa shape index (κ3) is 3.67. The second kappa shape index (κ2) is 7.20. The molecule has 1 aromatic carbocycles. The molecule has 0 saturated heterocycles. The molecule has 0 radical (unpaired) electrons. The van der Waals surface area contributed by atoms with Gasteiger partial charge in [-0.15, -0.1) is 0 Å². The van der Waals surface area contributed by atoms with Gasteiger partial charge in [-0.05, 0) is 56.0 Å². The average molecular weight is 268 g/mol. The quantitative estimate of drug-likeness (QED) is 0.857. The maximum Gasteiger partial charge on any atom is 0.0420 e. The third-order valence-electron chi connectivity index (χ3n) is 3.75. The van der Waals surface area contributed by atoms with Crippen molar-refractivity contribution < 1.29 is 0 Å². The van der Waals surface area contributed by atoms with E-state index in [9.17, 15) is 0 Å². The first-order valence-corrected chi connectivity index (χ1v) is 7.41. The highest BCUT2D eigenvalue weighted by molar-refractivity contribution is 5.30. The molecule has 0 fully saturated rings. The summed E-state index contributed by atoms with van der Waals surface area (Å²) in [6, 6.07) is 13.2. The van der Waals surface area contributed by atoms with E-state index in [1.54, 1.807) is 0 Å². The molecule has 1 unspecified atom stereocenters. The highest BCUT2D eigenvalue weighted by atomic mass is 14.9. The fraction of sp³-hybridized carbons (Fsp3) is 0.389. The van der Waals surface area contributed by atoms with Crippen LogP contribution in [0.2, 0.25) is 0 Å². The van der Waals surface area contributed by atoms with E-state index < -0.39 is 0 Å². The molecular formula is C18H24N2. The predicted molar refractivity (Wildman–Crippen MR) is 84.9 cm³/mol. The zero-order chi connectivity index (χ0) is 14.4. The highest BCUT2D eigenvalue weighted by Gasteiger charge is 2.15. The van der Waals surface area contributed by atoms with Crippen LogP contribution in [0.15, 0.2) is 42.6 Å². The van der Waals surface area contributed by atoms with Crippen molar-refractivity contribution in [3.63, 3.8) is 0 Å². The first-order valence-electron chi connectivity index (χ1n) is 7.41. The molecular weight excluding hydrogens is 244 g/mol. The molecule has 0 bridgehead atoms. The highest BCUT2D eigenvalue weighted by Crippen LogP contribution is 2.22. The van der Waals surface area contributed by atoms with Gasteiger partial charge in [0.2, 0.25) is 0 Å². The molecule has 1 aromatic heterocycles. The van der Waals surface area contributed by atoms with Crippen LogP contribution in [0.25, 0.3) is 0 Å². The number of hydrogen-bond acceptors (Lipinski definition) is 2. The zero-order valence-electron chi connectivity index (χ0n) is 12.7. The van der Waals surface area contributed by atoms with Crippen LogP contribution in [0.4, 0.5) is 0 Å². The lowest BCUT2D eigenvalue weighted by molar-refractivity contribution is 0.524. The smallest absolute Gasteiger partial charge is 0.0420 e. The largest absolute Gasteiger partial charge is 0.310 e. The lowest BCUT2D eigenvalue weighted by atomic mass is 9.95. The summed E-state index contributed by atoms with van der Waals surface area (Å²) in [5.74, 6) is 0. The average Bonchev–Trinajstić information content (AvgIpc) is 2.46. The molecule has 1 N–H and O–H groups in total. The molecule has 2 heteroatoms. The Kier molecular flexibility index (Phi) is 5.31. The zero-order valence-corrected chi connectivity index (χ0v) is 12.7. The molecule has 1 atom stereocenters. The van der Waals surface area contributed by atoms with Gasteiger partial charge >= 0.3 is 0 Å². The van der Waals surface area contributed by atoms with Crippen molar-refractivity contribution in [2.45, 2.75) is 39.7 Å². The number of aryl methyl sites for hydroxylation is 2. The predicted octanol–water partition coefficient (Wildman–Crippen LogP) is 3.98. The van der Waals surface area contributed by atoms with Crippen molar-refractivity contribution in [2.75, 3.05) is 6.54 Å². The molecule has 1 heterocycles. The number of hydrogen-bond donors (Lipinski definition) is 1. The number of nitrogens with zero attached hydrogens (tertiary/aromatic N) is 1. The molecule has 0 amide bonds. The van der Waals surface area contributed by atoms with Gasteiger partial charge in [-0.2, -0.15) is 0 Å². The van der Waals surface area contributed by atoms with E-state index in [4.69, 9.17) is 0 Å². The summed E-state index contributed by atoms with van der Waals surface area (Å²) in [6.45, 7) is 7.51. The number of nitrogens with one attached hydrogen (secondary N) is 1. The van der Waals surface area contributed by atoms with Gasteiger partial charge in [0.25, 0.3) is 0 Å². The van der Waals surface area contributed by atoms with Crippen molar-refractivity contribution >= 4 is 0 Å². The summed E-state index contributed by atoms with van der Waals surface area (Å²) in [7, 11) is 0. The Morgan fingerprint density at radius 2 is 1.90 bits per heavy atom. The van der Waals surface area contributed by atoms with Crippen molar-refractivity contribution in [1.29, 1.82) is 0 Å². The maximum absolute atomic E-state index is 4.43. The molecule has 20 heavy (non-hydrogen) atoms. The van der Waals surface area contributed by atoms with Crippen LogP contribution < -0.4 is 5.32 Å². The summed E-state index contributed by atoms with van der Waals surface area (Å²) in [4.78, 5) is 4.43. The Balaban J connectivity index is 2.24. The molecule has 2 aromatic rings. The van der Waals surface area contributed by atoms with E-state index >= 15 is 0 Å². The second-order valence-corrected chi connectivity index (χ2v) is 5.32. The minimum atomic E-state index is 0.338. The van der Waals surface area contributed by atoms with E-state index in [0.29, 0.717) is 6.04 Å². The van der Waals surface area contributed by atoms with Crippen molar-refractivity contribution in [2.24, 2.45) is 0 Å². The van der Waals surface area contributed by atoms with E-state index in [2.05, 4.69) is 61.4 Å². The molecule has 106 valence electrons. The minimum absolute atomic E-state index is 0.338. The molecule has 2 nitrogen and oxygen atoms in total. The molecule has 0 spiro atoms. The Hall–Kier alpha value is -1.67. The monoisotopic (exact) mass is 268 g/mol. The van der Waals surface area contributed by atoms with Gasteiger partial charge < -0.3 is 5.32 Å². The lowest BCUT2D eigenvalue weighted by Gasteiger charge is -2.21. The standard InChI is InChI=1S/C18H24N2/c1-4-11-20-18(17-10-7-12-19-15(17)3)13-16-9-6-5-8-14(16)2/h5-10,12,18,20H,4,11,13H2,1-3H3. The van der Waals surface area contributed by atoms with Crippen LogP contribution >= 0.6 is 0 Å². The Labute approximate surface area is 122 Å². The number of benzene rings is 1. The van der Waals surface area contributed by atoms with Crippen molar-refractivity contribution in [3.8, 4) is 0 Å². The fourth-order valence-corrected chi connectivity index (χ4v) is 2.53. The van der Waals surface area contributed by atoms with Crippen LogP contribution in [0.5, 0.6) is 0 Å². The van der Waals surface area contributed by atoms with Gasteiger partial charge in [0.15, 0.2) is 0 Å². The van der Waals surface area contributed by atoms with Gasteiger partial charge in [-0.3, -0.25) is 4.98 Å². The van der Waals surface area contributed by atoms with Crippen molar-refractivity contribution in [3.05, 3.63) is 65.0 Å². The molecule has 0 aliphatic carbocycles. The maximum atomic E-state index is 4.43. The number of aromatic nitrogens is 1. The Morgan fingerprint density at radius 1 is 1.10 bits per heavy atom. The van der Waals surface area contributed by atoms with E-state index in [-0.39, 0.29) is 0 Å². The van der Waals surface area contributed by atoms with Crippen LogP contribution in [0.3, 0.4) is 0 Å². The van der Waals surface area contributed by atoms with Gasteiger partial charge in [0.1, 0.15) is 0 Å². The van der Waals surface area contributed by atoms with Crippen LogP contribution in [-0.2, 0) is 6.42 Å². The molecule has 0 aliphatic heterocycles. The Morgan fingerprint density at radius 3 is 2.60 bits per heavy atom. The van der Waals surface area contributed by atoms with Gasteiger partial charge in [-0.1, -0.05) is 37.3 Å². The minimum Gasteiger partial charge on any atom is -0.310 e. The van der Waals surface area contributed by atoms with E-state index in [1.165, 1.54) is 16.7 Å². The molecule has 0 aliphatic rings. The topological polar surface area (TPSA) is 24.9 Å². The summed E-state index contributed by atoms with van der Waals surface area (Å²) < 4.78 is 0. The summed E-state index contributed by atoms with van der Waals surface area (Å²) in [5, 5.41) is 3.66. The normalized spacial score (nSPS) is 12.3. The summed E-state index contributed by atoms with van der Waals surface area (Å²) in [6.07, 6.45) is 4.02. The molecule has 0 saturated carbocycles. The summed E-state index contributed by atoms with van der Waals surface area (Å²) >= 11 is 0. The molecule has 2 rings (SSSR count). The van der Waals surface area contributed by atoms with E-state index in [1.807, 2.05) is 12.3 Å². The van der Waals surface area contributed by atoms with Gasteiger partial charge in [0, 0.05) is 17.9 Å². The van der Waals surface area contributed by atoms with Gasteiger partial charge in [-0.25, -0.2) is 0 Å². The second-order valence-electron chi connectivity index (χ2n) is 5.32. The van der Waals surface area contributed by atoms with E-state index in [0.717, 1.165) is 25.1 Å². The first kappa shape index (κ1) is 14.7. The SMILES string of the molecule is CCCNC(Cc1ccccc1C)c1cccnc1C. The fourth-order valence-electron chi connectivity index (χ4n) is 2.53.